The summed E-state index contributed by atoms with van der Waals surface area (Å²) in [6.45, 7) is 7.32. The Labute approximate surface area is 96.6 Å². The molecule has 1 N–H and O–H groups in total. The second kappa shape index (κ2) is 6.83. The predicted octanol–water partition coefficient (Wildman–Crippen LogP) is 2.77. The zero-order chi connectivity index (χ0) is 11.1. The van der Waals surface area contributed by atoms with E-state index in [2.05, 4.69) is 11.4 Å². The summed E-state index contributed by atoms with van der Waals surface area (Å²) in [5, 5.41) is 4.14. The molecule has 0 atom stereocenters. The Morgan fingerprint density at radius 3 is 2.87 bits per heavy atom. The molecule has 0 fully saturated rings. The number of benzene rings is 1. The normalized spacial score (nSPS) is 10.6. The first-order chi connectivity index (χ1) is 7.24. The van der Waals surface area contributed by atoms with Crippen LogP contribution < -0.4 is 5.32 Å². The summed E-state index contributed by atoms with van der Waals surface area (Å²) >= 11 is 5.94. The third kappa shape index (κ3) is 4.65. The van der Waals surface area contributed by atoms with Crippen molar-refractivity contribution in [3.8, 4) is 0 Å². The number of aryl methyl sites for hydroxylation is 1. The molecule has 0 saturated heterocycles. The molecule has 0 aliphatic rings. The highest BCUT2D eigenvalue weighted by atomic mass is 35.5. The van der Waals surface area contributed by atoms with Gasteiger partial charge >= 0.3 is 0 Å². The molecule has 1 aromatic rings. The largest absolute Gasteiger partial charge is 0.380 e. The molecule has 2 nitrogen and oxygen atoms in total. The average molecular weight is 228 g/mol. The smallest absolute Gasteiger partial charge is 0.0590 e. The molecule has 84 valence electrons. The van der Waals surface area contributed by atoms with Crippen LogP contribution in [0.1, 0.15) is 18.1 Å². The first-order valence-electron chi connectivity index (χ1n) is 5.27. The second-order valence-electron chi connectivity index (χ2n) is 3.46. The molecule has 0 heterocycles. The Kier molecular flexibility index (Phi) is 5.69. The van der Waals surface area contributed by atoms with Crippen molar-refractivity contribution in [2.75, 3.05) is 19.8 Å². The van der Waals surface area contributed by atoms with Gasteiger partial charge in [0.05, 0.1) is 6.61 Å². The summed E-state index contributed by atoms with van der Waals surface area (Å²) < 4.78 is 5.23. The van der Waals surface area contributed by atoms with E-state index in [9.17, 15) is 0 Å². The van der Waals surface area contributed by atoms with Crippen LogP contribution in [0, 0.1) is 6.92 Å². The minimum absolute atomic E-state index is 0.767. The van der Waals surface area contributed by atoms with Crippen molar-refractivity contribution in [1.29, 1.82) is 0 Å². The van der Waals surface area contributed by atoms with E-state index in [4.69, 9.17) is 16.3 Å². The zero-order valence-electron chi connectivity index (χ0n) is 9.35. The van der Waals surface area contributed by atoms with Crippen molar-refractivity contribution in [1.82, 2.24) is 5.32 Å². The van der Waals surface area contributed by atoms with Crippen LogP contribution >= 0.6 is 11.6 Å². The van der Waals surface area contributed by atoms with Crippen LogP contribution in [0.25, 0.3) is 0 Å². The summed E-state index contributed by atoms with van der Waals surface area (Å²) in [6, 6.07) is 6.09. The molecule has 0 saturated carbocycles. The quantitative estimate of drug-likeness (QED) is 0.755. The van der Waals surface area contributed by atoms with Crippen LogP contribution in [0.4, 0.5) is 0 Å². The van der Waals surface area contributed by atoms with Crippen molar-refractivity contribution >= 4 is 11.6 Å². The van der Waals surface area contributed by atoms with Gasteiger partial charge in [-0.25, -0.2) is 0 Å². The molecule has 1 aromatic carbocycles. The Morgan fingerprint density at radius 2 is 2.20 bits per heavy atom. The Balaban J connectivity index is 2.28. The molecular formula is C12H18ClNO. The summed E-state index contributed by atoms with van der Waals surface area (Å²) in [5.41, 5.74) is 2.38. The first-order valence-corrected chi connectivity index (χ1v) is 5.65. The van der Waals surface area contributed by atoms with E-state index in [0.29, 0.717) is 0 Å². The lowest BCUT2D eigenvalue weighted by molar-refractivity contribution is 0.149. The lowest BCUT2D eigenvalue weighted by Crippen LogP contribution is -2.19. The monoisotopic (exact) mass is 227 g/mol. The summed E-state index contributed by atoms with van der Waals surface area (Å²) in [5.74, 6) is 0. The van der Waals surface area contributed by atoms with Crippen LogP contribution in [-0.2, 0) is 11.3 Å². The summed E-state index contributed by atoms with van der Waals surface area (Å²) in [6.07, 6.45) is 0. The molecule has 0 spiro atoms. The highest BCUT2D eigenvalue weighted by Crippen LogP contribution is 2.15. The molecule has 0 radical (unpaired) electrons. The standard InChI is InChI=1S/C12H18ClNO/c1-3-15-7-6-14-9-11-4-5-12(13)10(2)8-11/h4-5,8,14H,3,6-7,9H2,1-2H3. The molecular weight excluding hydrogens is 210 g/mol. The van der Waals surface area contributed by atoms with E-state index in [1.54, 1.807) is 0 Å². The summed E-state index contributed by atoms with van der Waals surface area (Å²) in [4.78, 5) is 0. The van der Waals surface area contributed by atoms with Gasteiger partial charge < -0.3 is 10.1 Å². The van der Waals surface area contributed by atoms with Gasteiger partial charge in [0.1, 0.15) is 0 Å². The number of rotatable bonds is 6. The maximum absolute atomic E-state index is 5.94. The van der Waals surface area contributed by atoms with Crippen LogP contribution in [0.3, 0.4) is 0 Å². The zero-order valence-corrected chi connectivity index (χ0v) is 10.1. The average Bonchev–Trinajstić information content (AvgIpc) is 2.23. The maximum Gasteiger partial charge on any atom is 0.0590 e. The minimum Gasteiger partial charge on any atom is -0.380 e. The Hall–Kier alpha value is -0.570. The maximum atomic E-state index is 5.94. The Bertz CT molecular complexity index is 302. The minimum atomic E-state index is 0.767. The van der Waals surface area contributed by atoms with Gasteiger partial charge in [0.15, 0.2) is 0 Å². The van der Waals surface area contributed by atoms with Gasteiger partial charge in [0, 0.05) is 24.7 Å². The number of ether oxygens (including phenoxy) is 1. The molecule has 0 bridgehead atoms. The van der Waals surface area contributed by atoms with Crippen LogP contribution in [0.5, 0.6) is 0 Å². The van der Waals surface area contributed by atoms with Crippen LogP contribution in [0.15, 0.2) is 18.2 Å². The van der Waals surface area contributed by atoms with Gasteiger partial charge in [-0.3, -0.25) is 0 Å². The van der Waals surface area contributed by atoms with E-state index >= 15 is 0 Å². The van der Waals surface area contributed by atoms with Gasteiger partial charge in [0.2, 0.25) is 0 Å². The Morgan fingerprint density at radius 1 is 1.40 bits per heavy atom. The van der Waals surface area contributed by atoms with Gasteiger partial charge in [-0.05, 0) is 31.0 Å². The second-order valence-corrected chi connectivity index (χ2v) is 3.86. The lowest BCUT2D eigenvalue weighted by atomic mass is 10.1. The highest BCUT2D eigenvalue weighted by Gasteiger charge is 1.97. The summed E-state index contributed by atoms with van der Waals surface area (Å²) in [7, 11) is 0. The van der Waals surface area contributed by atoms with Gasteiger partial charge in [-0.2, -0.15) is 0 Å². The fourth-order valence-corrected chi connectivity index (χ4v) is 1.46. The van der Waals surface area contributed by atoms with E-state index in [0.717, 1.165) is 36.9 Å². The number of nitrogens with one attached hydrogen (secondary N) is 1. The van der Waals surface area contributed by atoms with E-state index < -0.39 is 0 Å². The van der Waals surface area contributed by atoms with E-state index in [1.165, 1.54) is 5.56 Å². The molecule has 0 amide bonds. The van der Waals surface area contributed by atoms with Crippen molar-refractivity contribution < 1.29 is 4.74 Å². The van der Waals surface area contributed by atoms with Gasteiger partial charge in [-0.1, -0.05) is 23.7 Å². The van der Waals surface area contributed by atoms with Gasteiger partial charge in [0.25, 0.3) is 0 Å². The van der Waals surface area contributed by atoms with E-state index in [1.807, 2.05) is 26.0 Å². The van der Waals surface area contributed by atoms with Crippen molar-refractivity contribution in [3.63, 3.8) is 0 Å². The highest BCUT2D eigenvalue weighted by molar-refractivity contribution is 6.31. The molecule has 0 aliphatic carbocycles. The molecule has 1 rings (SSSR count). The topological polar surface area (TPSA) is 21.3 Å². The van der Waals surface area contributed by atoms with Crippen LogP contribution in [-0.4, -0.2) is 19.8 Å². The lowest BCUT2D eigenvalue weighted by Gasteiger charge is -2.06. The van der Waals surface area contributed by atoms with Crippen molar-refractivity contribution in [3.05, 3.63) is 34.3 Å². The van der Waals surface area contributed by atoms with E-state index in [-0.39, 0.29) is 0 Å². The molecule has 0 aromatic heterocycles. The van der Waals surface area contributed by atoms with Crippen molar-refractivity contribution in [2.24, 2.45) is 0 Å². The number of halogens is 1. The SMILES string of the molecule is CCOCCNCc1ccc(Cl)c(C)c1. The molecule has 0 aliphatic heterocycles. The van der Waals surface area contributed by atoms with Crippen LogP contribution in [0.2, 0.25) is 5.02 Å². The van der Waals surface area contributed by atoms with Crippen molar-refractivity contribution in [2.45, 2.75) is 20.4 Å². The van der Waals surface area contributed by atoms with Gasteiger partial charge in [-0.15, -0.1) is 0 Å². The number of hydrogen-bond acceptors (Lipinski definition) is 2. The molecule has 0 unspecified atom stereocenters. The third-order valence-electron chi connectivity index (χ3n) is 2.18. The predicted molar refractivity (Wildman–Crippen MR) is 64.4 cm³/mol. The molecule has 15 heavy (non-hydrogen) atoms. The number of hydrogen-bond donors (Lipinski definition) is 1. The third-order valence-corrected chi connectivity index (χ3v) is 2.60. The first kappa shape index (κ1) is 12.5. The fraction of sp³-hybridized carbons (Fsp3) is 0.500. The fourth-order valence-electron chi connectivity index (χ4n) is 1.34. The molecule has 3 heteroatoms.